The Morgan fingerprint density at radius 3 is 1.96 bits per heavy atom. The summed E-state index contributed by atoms with van der Waals surface area (Å²) in [6, 6.07) is 7.82. The van der Waals surface area contributed by atoms with Crippen molar-refractivity contribution >= 4 is 11.8 Å². The summed E-state index contributed by atoms with van der Waals surface area (Å²) in [5.74, 6) is 5.03. The van der Waals surface area contributed by atoms with E-state index in [1.165, 1.54) is 5.56 Å². The van der Waals surface area contributed by atoms with Crippen LogP contribution in [0.25, 0.3) is 0 Å². The van der Waals surface area contributed by atoms with Crippen molar-refractivity contribution in [1.29, 1.82) is 0 Å². The zero-order chi connectivity index (χ0) is 17.0. The molecule has 1 fully saturated rings. The number of rotatable bonds is 1. The standard InChI is InChI=1S/C19H24N2O2/c1-5-6-17(22)20-11-13-21(14-12-20)18(23)15-7-9-16(10-8-15)19(2,3)4/h7-10H,11-14H2,1-4H3. The third-order valence-corrected chi connectivity index (χ3v) is 4.08. The van der Waals surface area contributed by atoms with Crippen LogP contribution >= 0.6 is 0 Å². The molecule has 122 valence electrons. The summed E-state index contributed by atoms with van der Waals surface area (Å²) >= 11 is 0. The van der Waals surface area contributed by atoms with Crippen LogP contribution in [0.3, 0.4) is 0 Å². The lowest BCUT2D eigenvalue weighted by atomic mass is 9.86. The predicted octanol–water partition coefficient (Wildman–Crippen LogP) is 2.29. The van der Waals surface area contributed by atoms with Crippen molar-refractivity contribution in [2.24, 2.45) is 0 Å². The van der Waals surface area contributed by atoms with Gasteiger partial charge in [0.2, 0.25) is 0 Å². The fraction of sp³-hybridized carbons (Fsp3) is 0.474. The summed E-state index contributed by atoms with van der Waals surface area (Å²) in [6.45, 7) is 10.3. The molecule has 0 radical (unpaired) electrons. The second-order valence-corrected chi connectivity index (χ2v) is 6.79. The number of hydrogen-bond donors (Lipinski definition) is 0. The number of carbonyl (C=O) groups is 2. The van der Waals surface area contributed by atoms with E-state index < -0.39 is 0 Å². The van der Waals surface area contributed by atoms with E-state index in [4.69, 9.17) is 0 Å². The van der Waals surface area contributed by atoms with Crippen LogP contribution in [0.5, 0.6) is 0 Å². The van der Waals surface area contributed by atoms with Gasteiger partial charge in [-0.25, -0.2) is 0 Å². The molecule has 1 aromatic rings. The lowest BCUT2D eigenvalue weighted by Gasteiger charge is -2.33. The topological polar surface area (TPSA) is 40.6 Å². The van der Waals surface area contributed by atoms with Gasteiger partial charge >= 0.3 is 0 Å². The lowest BCUT2D eigenvalue weighted by Crippen LogP contribution is -2.50. The van der Waals surface area contributed by atoms with E-state index in [9.17, 15) is 9.59 Å². The largest absolute Gasteiger partial charge is 0.335 e. The molecule has 1 aromatic carbocycles. The number of nitrogens with zero attached hydrogens (tertiary/aromatic N) is 2. The molecule has 2 rings (SSSR count). The van der Waals surface area contributed by atoms with Gasteiger partial charge in [0.15, 0.2) is 0 Å². The Balaban J connectivity index is 1.99. The molecule has 0 aliphatic carbocycles. The molecule has 4 nitrogen and oxygen atoms in total. The molecular formula is C19H24N2O2. The maximum Gasteiger partial charge on any atom is 0.298 e. The molecule has 2 amide bonds. The first-order chi connectivity index (χ1) is 10.8. The van der Waals surface area contributed by atoms with E-state index in [0.717, 1.165) is 0 Å². The summed E-state index contributed by atoms with van der Waals surface area (Å²) in [5, 5.41) is 0. The van der Waals surface area contributed by atoms with Gasteiger partial charge in [0, 0.05) is 31.7 Å². The molecular weight excluding hydrogens is 288 g/mol. The SMILES string of the molecule is CC#CC(=O)N1CCN(C(=O)c2ccc(C(C)(C)C)cc2)CC1. The first-order valence-electron chi connectivity index (χ1n) is 7.94. The van der Waals surface area contributed by atoms with Gasteiger partial charge < -0.3 is 9.80 Å². The minimum absolute atomic E-state index is 0.0270. The minimum atomic E-state index is -0.158. The Kier molecular flexibility index (Phi) is 5.10. The number of carbonyl (C=O) groups excluding carboxylic acids is 2. The van der Waals surface area contributed by atoms with Gasteiger partial charge in [-0.05, 0) is 36.0 Å². The molecule has 1 saturated heterocycles. The maximum atomic E-state index is 12.6. The highest BCUT2D eigenvalue weighted by molar-refractivity contribution is 5.95. The fourth-order valence-corrected chi connectivity index (χ4v) is 2.59. The normalized spacial score (nSPS) is 15.0. The van der Waals surface area contributed by atoms with Crippen molar-refractivity contribution in [1.82, 2.24) is 9.80 Å². The minimum Gasteiger partial charge on any atom is -0.335 e. The van der Waals surface area contributed by atoms with Crippen LogP contribution in [-0.4, -0.2) is 47.8 Å². The van der Waals surface area contributed by atoms with Crippen LogP contribution in [0.15, 0.2) is 24.3 Å². The van der Waals surface area contributed by atoms with E-state index in [-0.39, 0.29) is 17.2 Å². The number of piperazine rings is 1. The van der Waals surface area contributed by atoms with Crippen LogP contribution in [-0.2, 0) is 10.2 Å². The van der Waals surface area contributed by atoms with Gasteiger partial charge in [-0.3, -0.25) is 9.59 Å². The maximum absolute atomic E-state index is 12.6. The molecule has 0 saturated carbocycles. The Hall–Kier alpha value is -2.28. The van der Waals surface area contributed by atoms with Crippen molar-refractivity contribution in [3.05, 3.63) is 35.4 Å². The van der Waals surface area contributed by atoms with E-state index in [0.29, 0.717) is 31.7 Å². The zero-order valence-corrected chi connectivity index (χ0v) is 14.3. The van der Waals surface area contributed by atoms with Gasteiger partial charge in [0.05, 0.1) is 0 Å². The Labute approximate surface area is 138 Å². The third kappa shape index (κ3) is 4.13. The summed E-state index contributed by atoms with van der Waals surface area (Å²) in [6.07, 6.45) is 0. The van der Waals surface area contributed by atoms with Crippen LogP contribution in [0.4, 0.5) is 0 Å². The summed E-state index contributed by atoms with van der Waals surface area (Å²) in [7, 11) is 0. The zero-order valence-electron chi connectivity index (χ0n) is 14.3. The molecule has 1 heterocycles. The number of benzene rings is 1. The average Bonchev–Trinajstić information content (AvgIpc) is 2.54. The highest BCUT2D eigenvalue weighted by Crippen LogP contribution is 2.22. The fourth-order valence-electron chi connectivity index (χ4n) is 2.59. The van der Waals surface area contributed by atoms with Gasteiger partial charge in [0.25, 0.3) is 11.8 Å². The summed E-state index contributed by atoms with van der Waals surface area (Å²) < 4.78 is 0. The highest BCUT2D eigenvalue weighted by atomic mass is 16.2. The van der Waals surface area contributed by atoms with Gasteiger partial charge in [0.1, 0.15) is 0 Å². The van der Waals surface area contributed by atoms with E-state index in [1.807, 2.05) is 24.3 Å². The molecule has 0 unspecified atom stereocenters. The molecule has 0 atom stereocenters. The summed E-state index contributed by atoms with van der Waals surface area (Å²) in [5.41, 5.74) is 1.99. The number of hydrogen-bond acceptors (Lipinski definition) is 2. The molecule has 0 spiro atoms. The lowest BCUT2D eigenvalue weighted by molar-refractivity contribution is -0.126. The quantitative estimate of drug-likeness (QED) is 0.747. The molecule has 23 heavy (non-hydrogen) atoms. The van der Waals surface area contributed by atoms with Gasteiger partial charge in [-0.2, -0.15) is 0 Å². The van der Waals surface area contributed by atoms with Crippen LogP contribution in [0.2, 0.25) is 0 Å². The van der Waals surface area contributed by atoms with Crippen molar-refractivity contribution in [3.8, 4) is 11.8 Å². The molecule has 1 aliphatic rings. The van der Waals surface area contributed by atoms with Crippen molar-refractivity contribution in [2.45, 2.75) is 33.1 Å². The van der Waals surface area contributed by atoms with Crippen molar-refractivity contribution < 1.29 is 9.59 Å². The van der Waals surface area contributed by atoms with E-state index >= 15 is 0 Å². The van der Waals surface area contributed by atoms with Crippen LogP contribution < -0.4 is 0 Å². The summed E-state index contributed by atoms with van der Waals surface area (Å²) in [4.78, 5) is 27.8. The van der Waals surface area contributed by atoms with Crippen molar-refractivity contribution in [2.75, 3.05) is 26.2 Å². The van der Waals surface area contributed by atoms with E-state index in [1.54, 1.807) is 16.7 Å². The molecule has 0 aromatic heterocycles. The van der Waals surface area contributed by atoms with Gasteiger partial charge in [-0.1, -0.05) is 38.8 Å². The Morgan fingerprint density at radius 2 is 1.48 bits per heavy atom. The highest BCUT2D eigenvalue weighted by Gasteiger charge is 2.24. The molecule has 0 bridgehead atoms. The second-order valence-electron chi connectivity index (χ2n) is 6.79. The molecule has 0 N–H and O–H groups in total. The Bertz CT molecular complexity index is 637. The first-order valence-corrected chi connectivity index (χ1v) is 7.94. The van der Waals surface area contributed by atoms with Crippen LogP contribution in [0, 0.1) is 11.8 Å². The molecule has 1 aliphatic heterocycles. The third-order valence-electron chi connectivity index (χ3n) is 4.08. The molecule has 4 heteroatoms. The van der Waals surface area contributed by atoms with Crippen molar-refractivity contribution in [3.63, 3.8) is 0 Å². The van der Waals surface area contributed by atoms with Crippen LogP contribution in [0.1, 0.15) is 43.6 Å². The second kappa shape index (κ2) is 6.87. The van der Waals surface area contributed by atoms with E-state index in [2.05, 4.69) is 32.6 Å². The monoisotopic (exact) mass is 312 g/mol. The Morgan fingerprint density at radius 1 is 0.957 bits per heavy atom. The first kappa shape index (κ1) is 17.1. The smallest absolute Gasteiger partial charge is 0.298 e. The predicted molar refractivity (Wildman–Crippen MR) is 91.1 cm³/mol. The number of amides is 2. The average molecular weight is 312 g/mol. The van der Waals surface area contributed by atoms with Gasteiger partial charge in [-0.15, -0.1) is 0 Å².